The highest BCUT2D eigenvalue weighted by Crippen LogP contribution is 2.37. The lowest BCUT2D eigenvalue weighted by Crippen LogP contribution is -2.34. The van der Waals surface area contributed by atoms with E-state index in [-0.39, 0.29) is 6.04 Å². The van der Waals surface area contributed by atoms with Gasteiger partial charge in [-0.3, -0.25) is 5.32 Å². The largest absolute Gasteiger partial charge is 0.296 e. The lowest BCUT2D eigenvalue weighted by Gasteiger charge is -2.27. The minimum Gasteiger partial charge on any atom is -0.296 e. The Balaban J connectivity index is 2.07. The highest BCUT2D eigenvalue weighted by Gasteiger charge is 2.28. The van der Waals surface area contributed by atoms with E-state index in [1.165, 1.54) is 30.6 Å². The Labute approximate surface area is 115 Å². The van der Waals surface area contributed by atoms with Gasteiger partial charge in [0.15, 0.2) is 0 Å². The van der Waals surface area contributed by atoms with E-state index < -0.39 is 0 Å². The van der Waals surface area contributed by atoms with Crippen LogP contribution in [0.5, 0.6) is 0 Å². The fourth-order valence-corrected chi connectivity index (χ4v) is 3.81. The topological polar surface area (TPSA) is 12.0 Å². The summed E-state index contributed by atoms with van der Waals surface area (Å²) in [5, 5.41) is 5.89. The fraction of sp³-hybridized carbons (Fsp3) is 0.625. The van der Waals surface area contributed by atoms with Gasteiger partial charge < -0.3 is 0 Å². The second-order valence-electron chi connectivity index (χ2n) is 5.21. The molecule has 1 saturated carbocycles. The third-order valence-corrected chi connectivity index (χ3v) is 4.84. The molecule has 1 fully saturated rings. The van der Waals surface area contributed by atoms with E-state index in [0.29, 0.717) is 6.04 Å². The van der Waals surface area contributed by atoms with Gasteiger partial charge in [-0.15, -0.1) is 17.8 Å². The number of nitrogens with one attached hydrogen (secondary N) is 1. The van der Waals surface area contributed by atoms with Crippen molar-refractivity contribution in [3.8, 4) is 12.3 Å². The summed E-state index contributed by atoms with van der Waals surface area (Å²) in [5.41, 5.74) is 0. The number of hydrogen-bond acceptors (Lipinski definition) is 2. The highest BCUT2D eigenvalue weighted by atomic mass is 32.1. The fourth-order valence-electron chi connectivity index (χ4n) is 2.93. The van der Waals surface area contributed by atoms with E-state index in [4.69, 9.17) is 6.42 Å². The molecule has 0 saturated heterocycles. The Bertz CT molecular complexity index is 370. The summed E-state index contributed by atoms with van der Waals surface area (Å²) in [6, 6.07) is 5.09. The van der Waals surface area contributed by atoms with E-state index >= 15 is 0 Å². The van der Waals surface area contributed by atoms with Crippen LogP contribution in [-0.2, 0) is 0 Å². The Kier molecular flexibility index (Phi) is 5.28. The van der Waals surface area contributed by atoms with E-state index in [0.717, 1.165) is 18.8 Å². The van der Waals surface area contributed by atoms with Gasteiger partial charge in [0.1, 0.15) is 0 Å². The van der Waals surface area contributed by atoms with Crippen molar-refractivity contribution in [2.75, 3.05) is 0 Å². The maximum Gasteiger partial charge on any atom is 0.0691 e. The number of terminal acetylenes is 1. The maximum absolute atomic E-state index is 5.65. The summed E-state index contributed by atoms with van der Waals surface area (Å²) in [7, 11) is 0. The first-order valence-corrected chi connectivity index (χ1v) is 7.98. The summed E-state index contributed by atoms with van der Waals surface area (Å²) in [5.74, 6) is 3.69. The lowest BCUT2D eigenvalue weighted by molar-refractivity contribution is 0.348. The van der Waals surface area contributed by atoms with Crippen LogP contribution in [0.25, 0.3) is 0 Å². The molecule has 1 aromatic rings. The molecular formula is C16H23NS. The quantitative estimate of drug-likeness (QED) is 0.750. The van der Waals surface area contributed by atoms with Crippen molar-refractivity contribution in [1.29, 1.82) is 0 Å². The zero-order valence-electron chi connectivity index (χ0n) is 11.2. The molecule has 0 aliphatic heterocycles. The molecule has 98 valence electrons. The summed E-state index contributed by atoms with van der Waals surface area (Å²) in [6.07, 6.45) is 13.3. The van der Waals surface area contributed by atoms with E-state index in [2.05, 4.69) is 35.7 Å². The predicted octanol–water partition coefficient (Wildman–Crippen LogP) is 4.37. The van der Waals surface area contributed by atoms with Gasteiger partial charge in [0.25, 0.3) is 0 Å². The molecule has 1 aromatic heterocycles. The molecule has 2 atom stereocenters. The Hall–Kier alpha value is -0.780. The van der Waals surface area contributed by atoms with Gasteiger partial charge in [0.05, 0.1) is 6.04 Å². The van der Waals surface area contributed by atoms with Crippen LogP contribution < -0.4 is 5.32 Å². The molecule has 2 unspecified atom stereocenters. The van der Waals surface area contributed by atoms with Crippen LogP contribution in [0.4, 0.5) is 0 Å². The molecule has 0 radical (unpaired) electrons. The number of rotatable bonds is 6. The number of thiophene rings is 1. The summed E-state index contributed by atoms with van der Waals surface area (Å²) in [6.45, 7) is 2.20. The van der Waals surface area contributed by atoms with Crippen LogP contribution in [-0.4, -0.2) is 6.04 Å². The average molecular weight is 261 g/mol. The van der Waals surface area contributed by atoms with Crippen LogP contribution >= 0.6 is 11.3 Å². The summed E-state index contributed by atoms with van der Waals surface area (Å²) >= 11 is 1.86. The zero-order valence-corrected chi connectivity index (χ0v) is 12.0. The third-order valence-electron chi connectivity index (χ3n) is 3.88. The molecule has 1 heterocycles. The van der Waals surface area contributed by atoms with Crippen molar-refractivity contribution in [2.24, 2.45) is 5.92 Å². The van der Waals surface area contributed by atoms with Gasteiger partial charge in [-0.2, -0.15) is 0 Å². The van der Waals surface area contributed by atoms with Gasteiger partial charge in [-0.05, 0) is 36.6 Å². The first kappa shape index (κ1) is 13.6. The normalized spacial score (nSPS) is 19.6. The Morgan fingerprint density at radius 3 is 2.83 bits per heavy atom. The lowest BCUT2D eigenvalue weighted by atomic mass is 9.95. The summed E-state index contributed by atoms with van der Waals surface area (Å²) in [4.78, 5) is 1.46. The first-order chi connectivity index (χ1) is 8.85. The minimum absolute atomic E-state index is 0.225. The smallest absolute Gasteiger partial charge is 0.0691 e. The van der Waals surface area contributed by atoms with Crippen LogP contribution in [0.2, 0.25) is 0 Å². The summed E-state index contributed by atoms with van der Waals surface area (Å²) < 4.78 is 0. The average Bonchev–Trinajstić information content (AvgIpc) is 3.06. The minimum atomic E-state index is 0.225. The monoisotopic (exact) mass is 261 g/mol. The highest BCUT2D eigenvalue weighted by molar-refractivity contribution is 7.10. The molecule has 1 aliphatic carbocycles. The second kappa shape index (κ2) is 6.97. The molecule has 0 aromatic carbocycles. The third kappa shape index (κ3) is 3.37. The van der Waals surface area contributed by atoms with Gasteiger partial charge in [0.2, 0.25) is 0 Å². The molecule has 1 nitrogen and oxygen atoms in total. The van der Waals surface area contributed by atoms with Crippen molar-refractivity contribution < 1.29 is 0 Å². The molecule has 2 heteroatoms. The van der Waals surface area contributed by atoms with Crippen LogP contribution in [0, 0.1) is 18.3 Å². The van der Waals surface area contributed by atoms with Crippen molar-refractivity contribution in [3.63, 3.8) is 0 Å². The van der Waals surface area contributed by atoms with Crippen LogP contribution in [0.15, 0.2) is 17.5 Å². The van der Waals surface area contributed by atoms with Crippen LogP contribution in [0.1, 0.15) is 56.4 Å². The molecule has 0 bridgehead atoms. The van der Waals surface area contributed by atoms with Crippen molar-refractivity contribution in [2.45, 2.75) is 57.5 Å². The van der Waals surface area contributed by atoms with Gasteiger partial charge >= 0.3 is 0 Å². The molecule has 0 amide bonds. The zero-order chi connectivity index (χ0) is 12.8. The van der Waals surface area contributed by atoms with Crippen molar-refractivity contribution in [3.05, 3.63) is 22.4 Å². The van der Waals surface area contributed by atoms with Crippen molar-refractivity contribution >= 4 is 11.3 Å². The predicted molar refractivity (Wildman–Crippen MR) is 79.7 cm³/mol. The second-order valence-corrected chi connectivity index (χ2v) is 6.19. The molecule has 2 rings (SSSR count). The van der Waals surface area contributed by atoms with E-state index in [1.54, 1.807) is 0 Å². The van der Waals surface area contributed by atoms with Gasteiger partial charge in [0, 0.05) is 10.9 Å². The molecule has 1 aliphatic rings. The maximum atomic E-state index is 5.65. The van der Waals surface area contributed by atoms with Gasteiger partial charge in [-0.1, -0.05) is 38.2 Å². The molecular weight excluding hydrogens is 238 g/mol. The van der Waals surface area contributed by atoms with Crippen molar-refractivity contribution in [1.82, 2.24) is 5.32 Å². The SMILES string of the molecule is C#CC(CCC)NC(c1cccs1)C1CCCC1. The molecule has 0 spiro atoms. The number of hydrogen-bond donors (Lipinski definition) is 1. The molecule has 1 N–H and O–H groups in total. The Morgan fingerprint density at radius 2 is 2.28 bits per heavy atom. The Morgan fingerprint density at radius 1 is 1.50 bits per heavy atom. The van der Waals surface area contributed by atoms with Crippen LogP contribution in [0.3, 0.4) is 0 Å². The van der Waals surface area contributed by atoms with Gasteiger partial charge in [-0.25, -0.2) is 0 Å². The van der Waals surface area contributed by atoms with E-state index in [9.17, 15) is 0 Å². The van der Waals surface area contributed by atoms with E-state index in [1.807, 2.05) is 11.3 Å². The molecule has 18 heavy (non-hydrogen) atoms. The first-order valence-electron chi connectivity index (χ1n) is 7.10. The standard InChI is InChI=1S/C16H23NS/c1-3-8-14(4-2)17-16(13-9-5-6-10-13)15-11-7-12-18-15/h2,7,11-14,16-17H,3,5-6,8-10H2,1H3.